The zero-order valence-corrected chi connectivity index (χ0v) is 17.0. The lowest BCUT2D eigenvalue weighted by molar-refractivity contribution is -0.111. The summed E-state index contributed by atoms with van der Waals surface area (Å²) in [4.78, 5) is 12.3. The maximum absolute atomic E-state index is 12.5. The van der Waals surface area contributed by atoms with Gasteiger partial charge in [-0.25, -0.2) is 8.42 Å². The van der Waals surface area contributed by atoms with Crippen molar-refractivity contribution in [2.75, 3.05) is 18.4 Å². The first-order valence-corrected chi connectivity index (χ1v) is 10.4. The molecule has 144 valence electrons. The minimum Gasteiger partial charge on any atom is -0.323 e. The molecule has 0 spiro atoms. The molecule has 1 amide bonds. The summed E-state index contributed by atoms with van der Waals surface area (Å²) >= 11 is 0. The molecule has 2 rings (SSSR count). The Balaban J connectivity index is 2.07. The minimum absolute atomic E-state index is 0.238. The topological polar surface area (TPSA) is 66.5 Å². The Kier molecular flexibility index (Phi) is 6.93. The molecule has 2 aromatic carbocycles. The molecule has 0 aromatic heterocycles. The largest absolute Gasteiger partial charge is 0.323 e. The fraction of sp³-hybridized carbons (Fsp3) is 0.286. The molecule has 0 aliphatic heterocycles. The van der Waals surface area contributed by atoms with Gasteiger partial charge in [-0.2, -0.15) is 4.31 Å². The lowest BCUT2D eigenvalue weighted by atomic mass is 10.1. The van der Waals surface area contributed by atoms with E-state index in [1.165, 1.54) is 15.9 Å². The Morgan fingerprint density at radius 2 is 1.63 bits per heavy atom. The molecule has 27 heavy (non-hydrogen) atoms. The van der Waals surface area contributed by atoms with Gasteiger partial charge in [-0.3, -0.25) is 4.79 Å². The van der Waals surface area contributed by atoms with Gasteiger partial charge in [0, 0.05) is 24.9 Å². The molecule has 0 heterocycles. The highest BCUT2D eigenvalue weighted by molar-refractivity contribution is 7.89. The summed E-state index contributed by atoms with van der Waals surface area (Å²) in [6.45, 7) is 8.50. The molecule has 0 radical (unpaired) electrons. The van der Waals surface area contributed by atoms with Crippen LogP contribution in [0.25, 0.3) is 6.08 Å². The first-order valence-electron chi connectivity index (χ1n) is 8.94. The monoisotopic (exact) mass is 386 g/mol. The second-order valence-corrected chi connectivity index (χ2v) is 8.22. The maximum atomic E-state index is 12.5. The zero-order valence-electron chi connectivity index (χ0n) is 16.2. The molecule has 2 aromatic rings. The highest BCUT2D eigenvalue weighted by atomic mass is 32.2. The number of carbonyl (C=O) groups excluding carboxylic acids is 1. The zero-order chi connectivity index (χ0) is 20.0. The number of carbonyl (C=O) groups is 1. The van der Waals surface area contributed by atoms with Gasteiger partial charge in [-0.15, -0.1) is 0 Å². The van der Waals surface area contributed by atoms with Crippen LogP contribution in [0.1, 0.15) is 30.5 Å². The lowest BCUT2D eigenvalue weighted by Crippen LogP contribution is -2.30. The van der Waals surface area contributed by atoms with Crippen molar-refractivity contribution in [2.45, 2.75) is 32.6 Å². The molecule has 0 saturated heterocycles. The predicted octanol–water partition coefficient (Wildman–Crippen LogP) is 3.99. The van der Waals surface area contributed by atoms with Crippen LogP contribution in [-0.4, -0.2) is 31.7 Å². The van der Waals surface area contributed by atoms with Crippen LogP contribution in [0, 0.1) is 13.8 Å². The van der Waals surface area contributed by atoms with Gasteiger partial charge in [0.2, 0.25) is 15.9 Å². The second-order valence-electron chi connectivity index (χ2n) is 6.28. The smallest absolute Gasteiger partial charge is 0.248 e. The average molecular weight is 387 g/mol. The molecule has 1 N–H and O–H groups in total. The van der Waals surface area contributed by atoms with Gasteiger partial charge >= 0.3 is 0 Å². The molecule has 5 nitrogen and oxygen atoms in total. The third kappa shape index (κ3) is 5.28. The average Bonchev–Trinajstić information content (AvgIpc) is 2.64. The van der Waals surface area contributed by atoms with Crippen molar-refractivity contribution >= 4 is 27.7 Å². The number of hydrogen-bond acceptors (Lipinski definition) is 3. The van der Waals surface area contributed by atoms with Crippen molar-refractivity contribution in [3.8, 4) is 0 Å². The number of aryl methyl sites for hydroxylation is 2. The molecular weight excluding hydrogens is 360 g/mol. The highest BCUT2D eigenvalue weighted by Gasteiger charge is 2.20. The number of nitrogens with one attached hydrogen (secondary N) is 1. The Labute approximate surface area is 161 Å². The van der Waals surface area contributed by atoms with Crippen LogP contribution in [0.3, 0.4) is 0 Å². The Hall–Kier alpha value is -2.44. The second kappa shape index (κ2) is 8.97. The van der Waals surface area contributed by atoms with Crippen molar-refractivity contribution in [1.29, 1.82) is 0 Å². The van der Waals surface area contributed by atoms with Gasteiger partial charge in [0.05, 0.1) is 4.90 Å². The standard InChI is InChI=1S/C21H26N2O3S/c1-5-23(6-2)27(25,26)20-12-8-18(9-13-20)10-14-21(24)22-19-11-7-16(3)17(4)15-19/h7-15H,5-6H2,1-4H3,(H,22,24)/b14-10+. The van der Waals surface area contributed by atoms with Gasteiger partial charge in [-0.05, 0) is 60.9 Å². The van der Waals surface area contributed by atoms with Crippen LogP contribution in [0.15, 0.2) is 53.4 Å². The molecule has 0 bridgehead atoms. The molecular formula is C21H26N2O3S. The van der Waals surface area contributed by atoms with Crippen molar-refractivity contribution < 1.29 is 13.2 Å². The maximum Gasteiger partial charge on any atom is 0.248 e. The van der Waals surface area contributed by atoms with Gasteiger partial charge in [0.25, 0.3) is 0 Å². The van der Waals surface area contributed by atoms with Crippen molar-refractivity contribution in [3.05, 3.63) is 65.2 Å². The van der Waals surface area contributed by atoms with Crippen molar-refractivity contribution in [2.24, 2.45) is 0 Å². The molecule has 0 unspecified atom stereocenters. The van der Waals surface area contributed by atoms with Crippen LogP contribution >= 0.6 is 0 Å². The third-order valence-electron chi connectivity index (χ3n) is 4.42. The van der Waals surface area contributed by atoms with Crippen LogP contribution in [0.2, 0.25) is 0 Å². The van der Waals surface area contributed by atoms with Gasteiger partial charge < -0.3 is 5.32 Å². The first kappa shape index (κ1) is 20.9. The summed E-state index contributed by atoms with van der Waals surface area (Å²) in [5.74, 6) is -0.238. The van der Waals surface area contributed by atoms with E-state index < -0.39 is 10.0 Å². The molecule has 0 saturated carbocycles. The molecule has 6 heteroatoms. The van der Waals surface area contributed by atoms with Gasteiger partial charge in [0.1, 0.15) is 0 Å². The van der Waals surface area contributed by atoms with Crippen molar-refractivity contribution in [1.82, 2.24) is 4.31 Å². The molecule has 0 atom stereocenters. The Morgan fingerprint density at radius 1 is 1.00 bits per heavy atom. The summed E-state index contributed by atoms with van der Waals surface area (Å²) in [6.07, 6.45) is 3.09. The highest BCUT2D eigenvalue weighted by Crippen LogP contribution is 2.17. The number of rotatable bonds is 7. The summed E-state index contributed by atoms with van der Waals surface area (Å²) in [5, 5.41) is 2.82. The van der Waals surface area contributed by atoms with E-state index in [0.29, 0.717) is 13.1 Å². The third-order valence-corrected chi connectivity index (χ3v) is 6.49. The lowest BCUT2D eigenvalue weighted by Gasteiger charge is -2.18. The summed E-state index contributed by atoms with van der Waals surface area (Å²) < 4.78 is 26.4. The van der Waals surface area contributed by atoms with E-state index in [-0.39, 0.29) is 10.8 Å². The quantitative estimate of drug-likeness (QED) is 0.732. The fourth-order valence-electron chi connectivity index (χ4n) is 2.64. The number of anilines is 1. The van der Waals surface area contributed by atoms with E-state index in [9.17, 15) is 13.2 Å². The molecule has 0 aliphatic carbocycles. The van der Waals surface area contributed by atoms with Crippen LogP contribution in [0.5, 0.6) is 0 Å². The van der Waals surface area contributed by atoms with E-state index in [2.05, 4.69) is 5.32 Å². The van der Waals surface area contributed by atoms with Crippen LogP contribution in [-0.2, 0) is 14.8 Å². The predicted molar refractivity (Wildman–Crippen MR) is 110 cm³/mol. The Bertz CT molecular complexity index is 928. The van der Waals surface area contributed by atoms with Crippen LogP contribution < -0.4 is 5.32 Å². The van der Waals surface area contributed by atoms with E-state index >= 15 is 0 Å². The summed E-state index contributed by atoms with van der Waals surface area (Å²) in [7, 11) is -3.47. The van der Waals surface area contributed by atoms with Crippen molar-refractivity contribution in [3.63, 3.8) is 0 Å². The minimum atomic E-state index is -3.47. The normalized spacial score (nSPS) is 11.9. The van der Waals surface area contributed by atoms with Gasteiger partial charge in [-0.1, -0.05) is 32.0 Å². The fourth-order valence-corrected chi connectivity index (χ4v) is 4.10. The van der Waals surface area contributed by atoms with E-state index in [0.717, 1.165) is 16.8 Å². The Morgan fingerprint density at radius 3 is 2.19 bits per heavy atom. The number of hydrogen-bond donors (Lipinski definition) is 1. The van der Waals surface area contributed by atoms with Gasteiger partial charge in [0.15, 0.2) is 0 Å². The SMILES string of the molecule is CCN(CC)S(=O)(=O)c1ccc(/C=C/C(=O)Nc2ccc(C)c(C)c2)cc1. The van der Waals surface area contributed by atoms with E-state index in [4.69, 9.17) is 0 Å². The number of benzene rings is 2. The number of sulfonamides is 1. The molecule has 0 fully saturated rings. The number of amides is 1. The molecule has 0 aliphatic rings. The van der Waals surface area contributed by atoms with E-state index in [1.54, 1.807) is 30.3 Å². The first-order chi connectivity index (χ1) is 12.8. The van der Waals surface area contributed by atoms with Crippen LogP contribution in [0.4, 0.5) is 5.69 Å². The summed E-state index contributed by atoms with van der Waals surface area (Å²) in [5.41, 5.74) is 3.78. The summed E-state index contributed by atoms with van der Waals surface area (Å²) in [6, 6.07) is 12.3. The number of nitrogens with zero attached hydrogens (tertiary/aromatic N) is 1. The van der Waals surface area contributed by atoms with E-state index in [1.807, 2.05) is 45.9 Å².